The zero-order valence-corrected chi connectivity index (χ0v) is 16.9. The van der Waals surface area contributed by atoms with E-state index >= 15 is 0 Å². The normalized spacial score (nSPS) is 16.8. The molecule has 0 bridgehead atoms. The number of hydrogen-bond donors (Lipinski definition) is 3. The molecule has 0 saturated carbocycles. The molecule has 0 amide bonds. The Labute approximate surface area is 160 Å². The van der Waals surface area contributed by atoms with Gasteiger partial charge in [0.1, 0.15) is 0 Å². The molecule has 7 heteroatoms. The van der Waals surface area contributed by atoms with E-state index in [9.17, 15) is 9.50 Å². The molecule has 1 heterocycles. The predicted molar refractivity (Wildman–Crippen MR) is 107 cm³/mol. The van der Waals surface area contributed by atoms with E-state index in [-0.39, 0.29) is 29.7 Å². The Hall–Kier alpha value is -1.09. The first-order valence-electron chi connectivity index (χ1n) is 8.18. The molecular weight excluding hydrogens is 422 g/mol. The molecule has 1 saturated heterocycles. The van der Waals surface area contributed by atoms with Crippen LogP contribution in [0.2, 0.25) is 0 Å². The van der Waals surface area contributed by atoms with E-state index in [1.807, 2.05) is 0 Å². The van der Waals surface area contributed by atoms with Crippen LogP contribution in [0.1, 0.15) is 32.3 Å². The van der Waals surface area contributed by atoms with Crippen LogP contribution >= 0.6 is 24.0 Å². The molecule has 0 unspecified atom stereocenters. The maximum Gasteiger partial charge on any atom is 0.191 e. The highest BCUT2D eigenvalue weighted by Gasteiger charge is 2.21. The Kier molecular flexibility index (Phi) is 8.75. The number of phenolic OH excluding ortho intramolecular Hbond substituents is 1. The largest absolute Gasteiger partial charge is 0.505 e. The molecule has 0 spiro atoms. The number of rotatable bonds is 4. The van der Waals surface area contributed by atoms with Crippen molar-refractivity contribution in [3.05, 3.63) is 29.6 Å². The van der Waals surface area contributed by atoms with Gasteiger partial charge < -0.3 is 20.6 Å². The number of nitrogens with one attached hydrogen (secondary N) is 2. The molecule has 136 valence electrons. The van der Waals surface area contributed by atoms with Crippen molar-refractivity contribution in [2.45, 2.75) is 45.3 Å². The van der Waals surface area contributed by atoms with Gasteiger partial charge in [-0.05, 0) is 44.4 Å². The van der Waals surface area contributed by atoms with E-state index in [0.717, 1.165) is 37.5 Å². The van der Waals surface area contributed by atoms with Crippen LogP contribution in [0.25, 0.3) is 0 Å². The average Bonchev–Trinajstić information content (AvgIpc) is 2.55. The van der Waals surface area contributed by atoms with E-state index in [1.165, 1.54) is 12.1 Å². The van der Waals surface area contributed by atoms with E-state index < -0.39 is 5.82 Å². The van der Waals surface area contributed by atoms with Crippen molar-refractivity contribution in [1.82, 2.24) is 15.5 Å². The fourth-order valence-electron chi connectivity index (χ4n) is 2.79. The Balaban J connectivity index is 0.00000288. The Morgan fingerprint density at radius 1 is 1.38 bits per heavy atom. The van der Waals surface area contributed by atoms with Crippen LogP contribution in [0.4, 0.5) is 4.39 Å². The van der Waals surface area contributed by atoms with Gasteiger partial charge in [0.05, 0.1) is 0 Å². The first-order valence-corrected chi connectivity index (χ1v) is 8.18. The van der Waals surface area contributed by atoms with Gasteiger partial charge in [0.15, 0.2) is 17.5 Å². The van der Waals surface area contributed by atoms with Crippen molar-refractivity contribution in [3.63, 3.8) is 0 Å². The number of hydrogen-bond acceptors (Lipinski definition) is 3. The van der Waals surface area contributed by atoms with Crippen LogP contribution in [0.5, 0.6) is 5.75 Å². The van der Waals surface area contributed by atoms with Crippen molar-refractivity contribution in [1.29, 1.82) is 0 Å². The molecule has 0 aromatic heterocycles. The number of benzene rings is 1. The van der Waals surface area contributed by atoms with Crippen LogP contribution in [0.3, 0.4) is 0 Å². The number of halogens is 2. The molecule has 1 aromatic rings. The Bertz CT molecular complexity index is 545. The Morgan fingerprint density at radius 3 is 2.58 bits per heavy atom. The van der Waals surface area contributed by atoms with Gasteiger partial charge in [-0.15, -0.1) is 24.0 Å². The fourth-order valence-corrected chi connectivity index (χ4v) is 2.79. The predicted octanol–water partition coefficient (Wildman–Crippen LogP) is 2.69. The molecule has 0 aliphatic carbocycles. The van der Waals surface area contributed by atoms with Crippen LogP contribution in [0, 0.1) is 5.82 Å². The maximum absolute atomic E-state index is 13.3. The third-order valence-corrected chi connectivity index (χ3v) is 4.30. The van der Waals surface area contributed by atoms with Crippen LogP contribution < -0.4 is 10.6 Å². The number of guanidine groups is 1. The highest BCUT2D eigenvalue weighted by atomic mass is 127. The Morgan fingerprint density at radius 2 is 2.04 bits per heavy atom. The summed E-state index contributed by atoms with van der Waals surface area (Å²) in [5, 5.41) is 15.8. The molecule has 0 radical (unpaired) electrons. The summed E-state index contributed by atoms with van der Waals surface area (Å²) in [6.45, 7) is 7.10. The third-order valence-electron chi connectivity index (χ3n) is 4.30. The lowest BCUT2D eigenvalue weighted by Crippen LogP contribution is -2.49. The van der Waals surface area contributed by atoms with E-state index in [4.69, 9.17) is 0 Å². The highest BCUT2D eigenvalue weighted by molar-refractivity contribution is 14.0. The second-order valence-corrected chi connectivity index (χ2v) is 6.26. The van der Waals surface area contributed by atoms with Gasteiger partial charge in [-0.2, -0.15) is 0 Å². The highest BCUT2D eigenvalue weighted by Crippen LogP contribution is 2.16. The minimum Gasteiger partial charge on any atom is -0.505 e. The smallest absolute Gasteiger partial charge is 0.191 e. The molecule has 1 aromatic carbocycles. The molecule has 0 atom stereocenters. The molecular formula is C17H28FIN4O. The third kappa shape index (κ3) is 6.08. The SMILES string of the molecule is CN=C(NCc1ccc(O)c(F)c1)NC1CCN(C(C)C)CC1.I. The molecule has 5 nitrogen and oxygen atoms in total. The average molecular weight is 450 g/mol. The van der Waals surface area contributed by atoms with E-state index in [2.05, 4.69) is 34.4 Å². The van der Waals surface area contributed by atoms with Gasteiger partial charge in [-0.1, -0.05) is 6.07 Å². The molecule has 3 N–H and O–H groups in total. The summed E-state index contributed by atoms with van der Waals surface area (Å²) in [6.07, 6.45) is 2.18. The lowest BCUT2D eigenvalue weighted by Gasteiger charge is -2.35. The van der Waals surface area contributed by atoms with Crippen molar-refractivity contribution in [2.75, 3.05) is 20.1 Å². The summed E-state index contributed by atoms with van der Waals surface area (Å²) < 4.78 is 13.3. The fraction of sp³-hybridized carbons (Fsp3) is 0.588. The first-order chi connectivity index (χ1) is 11.0. The standard InChI is InChI=1S/C17H27FN4O.HI/c1-12(2)22-8-6-14(7-9-22)21-17(19-3)20-11-13-4-5-16(23)15(18)10-13;/h4-5,10,12,14,23H,6-9,11H2,1-3H3,(H2,19,20,21);1H. The second kappa shape index (κ2) is 10.0. The van der Waals surface area contributed by atoms with Gasteiger partial charge in [-0.25, -0.2) is 4.39 Å². The van der Waals surface area contributed by atoms with Crippen molar-refractivity contribution in [2.24, 2.45) is 4.99 Å². The van der Waals surface area contributed by atoms with Crippen molar-refractivity contribution >= 4 is 29.9 Å². The molecule has 1 fully saturated rings. The molecule has 1 aliphatic heterocycles. The molecule has 24 heavy (non-hydrogen) atoms. The monoisotopic (exact) mass is 450 g/mol. The van der Waals surface area contributed by atoms with Gasteiger partial charge in [0.2, 0.25) is 0 Å². The van der Waals surface area contributed by atoms with Crippen LogP contribution in [-0.2, 0) is 6.54 Å². The van der Waals surface area contributed by atoms with Crippen molar-refractivity contribution < 1.29 is 9.50 Å². The van der Waals surface area contributed by atoms with Crippen LogP contribution in [-0.4, -0.2) is 48.2 Å². The van der Waals surface area contributed by atoms with E-state index in [1.54, 1.807) is 13.1 Å². The van der Waals surface area contributed by atoms with Gasteiger partial charge in [-0.3, -0.25) is 4.99 Å². The number of nitrogens with zero attached hydrogens (tertiary/aromatic N) is 2. The summed E-state index contributed by atoms with van der Waals surface area (Å²) in [6, 6.07) is 5.39. The summed E-state index contributed by atoms with van der Waals surface area (Å²) in [4.78, 5) is 6.71. The number of aromatic hydroxyl groups is 1. The zero-order chi connectivity index (χ0) is 16.8. The second-order valence-electron chi connectivity index (χ2n) is 6.26. The van der Waals surface area contributed by atoms with Gasteiger partial charge in [0, 0.05) is 38.8 Å². The summed E-state index contributed by atoms with van der Waals surface area (Å²) in [7, 11) is 1.73. The summed E-state index contributed by atoms with van der Waals surface area (Å²) in [5.74, 6) is -0.206. The quantitative estimate of drug-likeness (QED) is 0.375. The molecule has 1 aliphatic rings. The van der Waals surface area contributed by atoms with Gasteiger partial charge >= 0.3 is 0 Å². The van der Waals surface area contributed by atoms with Gasteiger partial charge in [0.25, 0.3) is 0 Å². The summed E-state index contributed by atoms with van der Waals surface area (Å²) >= 11 is 0. The number of likely N-dealkylation sites (tertiary alicyclic amines) is 1. The number of piperidine rings is 1. The minimum absolute atomic E-state index is 0. The van der Waals surface area contributed by atoms with E-state index in [0.29, 0.717) is 18.6 Å². The maximum atomic E-state index is 13.3. The minimum atomic E-state index is -0.603. The topological polar surface area (TPSA) is 59.9 Å². The number of aliphatic imine (C=N–C) groups is 1. The first kappa shape index (κ1) is 21.0. The zero-order valence-electron chi connectivity index (χ0n) is 14.6. The van der Waals surface area contributed by atoms with Crippen molar-refractivity contribution in [3.8, 4) is 5.75 Å². The summed E-state index contributed by atoms with van der Waals surface area (Å²) in [5.41, 5.74) is 0.762. The van der Waals surface area contributed by atoms with Crippen LogP contribution in [0.15, 0.2) is 23.2 Å². The lowest BCUT2D eigenvalue weighted by atomic mass is 10.0. The molecule has 2 rings (SSSR count). The number of phenols is 1. The lowest BCUT2D eigenvalue weighted by molar-refractivity contribution is 0.167.